The van der Waals surface area contributed by atoms with Gasteiger partial charge >= 0.3 is 0 Å². The van der Waals surface area contributed by atoms with E-state index in [9.17, 15) is 0 Å². The van der Waals surface area contributed by atoms with Crippen LogP contribution in [0.3, 0.4) is 0 Å². The Morgan fingerprint density at radius 2 is 2.25 bits per heavy atom. The molecule has 0 unspecified atom stereocenters. The minimum Gasteiger partial charge on any atom is -0.394 e. The maximum Gasteiger partial charge on any atom is 0.0651 e. The molecule has 0 aromatic carbocycles. The number of pyridine rings is 1. The molecule has 0 fully saturated rings. The van der Waals surface area contributed by atoms with Crippen molar-refractivity contribution in [2.75, 3.05) is 6.61 Å². The minimum atomic E-state index is -0.682. The van der Waals surface area contributed by atoms with Gasteiger partial charge in [-0.05, 0) is 25.0 Å². The number of aliphatic hydroxyl groups excluding tert-OH is 1. The Labute approximate surface area is 72.2 Å². The van der Waals surface area contributed by atoms with Crippen LogP contribution in [0.25, 0.3) is 0 Å². The van der Waals surface area contributed by atoms with Gasteiger partial charge in [0, 0.05) is 12.4 Å². The van der Waals surface area contributed by atoms with Crippen molar-refractivity contribution in [2.24, 2.45) is 5.73 Å². The molecular weight excluding hydrogens is 152 g/mol. The van der Waals surface area contributed by atoms with Gasteiger partial charge in [0.15, 0.2) is 0 Å². The van der Waals surface area contributed by atoms with Gasteiger partial charge in [0.25, 0.3) is 0 Å². The zero-order valence-corrected chi connectivity index (χ0v) is 7.41. The summed E-state index contributed by atoms with van der Waals surface area (Å²) in [6.45, 7) is 3.66. The second kappa shape index (κ2) is 3.21. The normalized spacial score (nSPS) is 15.7. The number of hydrogen-bond acceptors (Lipinski definition) is 3. The first kappa shape index (κ1) is 9.16. The average molecular weight is 166 g/mol. The van der Waals surface area contributed by atoms with E-state index < -0.39 is 5.54 Å². The van der Waals surface area contributed by atoms with Gasteiger partial charge in [-0.15, -0.1) is 0 Å². The minimum absolute atomic E-state index is 0.0713. The predicted molar refractivity (Wildman–Crippen MR) is 47.6 cm³/mol. The van der Waals surface area contributed by atoms with Crippen LogP contribution in [0.5, 0.6) is 0 Å². The molecule has 0 aliphatic heterocycles. The Balaban J connectivity index is 3.03. The average Bonchev–Trinajstić information content (AvgIpc) is 2.05. The van der Waals surface area contributed by atoms with Crippen LogP contribution in [0.15, 0.2) is 18.5 Å². The van der Waals surface area contributed by atoms with Crippen LogP contribution in [0.2, 0.25) is 0 Å². The second-order valence-electron chi connectivity index (χ2n) is 3.33. The summed E-state index contributed by atoms with van der Waals surface area (Å²) in [4.78, 5) is 4.01. The third-order valence-corrected chi connectivity index (χ3v) is 1.86. The Morgan fingerprint density at radius 1 is 1.58 bits per heavy atom. The lowest BCUT2D eigenvalue weighted by molar-refractivity contribution is 0.209. The Bertz CT molecular complexity index is 271. The maximum atomic E-state index is 8.99. The quantitative estimate of drug-likeness (QED) is 0.674. The van der Waals surface area contributed by atoms with Crippen LogP contribution < -0.4 is 5.73 Å². The van der Waals surface area contributed by atoms with Gasteiger partial charge in [-0.3, -0.25) is 4.98 Å². The molecule has 0 aliphatic carbocycles. The summed E-state index contributed by atoms with van der Waals surface area (Å²) in [5.74, 6) is 0. The molecule has 66 valence electrons. The highest BCUT2D eigenvalue weighted by atomic mass is 16.3. The number of aryl methyl sites for hydroxylation is 1. The van der Waals surface area contributed by atoms with Crippen molar-refractivity contribution in [1.29, 1.82) is 0 Å². The zero-order chi connectivity index (χ0) is 9.19. The van der Waals surface area contributed by atoms with Crippen LogP contribution in [-0.2, 0) is 5.54 Å². The van der Waals surface area contributed by atoms with Crippen LogP contribution in [0.1, 0.15) is 18.1 Å². The van der Waals surface area contributed by atoms with E-state index in [0.717, 1.165) is 11.1 Å². The van der Waals surface area contributed by atoms with Gasteiger partial charge in [-0.1, -0.05) is 6.07 Å². The van der Waals surface area contributed by atoms with E-state index in [2.05, 4.69) is 4.98 Å². The molecule has 0 saturated carbocycles. The van der Waals surface area contributed by atoms with Crippen molar-refractivity contribution < 1.29 is 5.11 Å². The summed E-state index contributed by atoms with van der Waals surface area (Å²) in [5.41, 5.74) is 7.05. The second-order valence-corrected chi connectivity index (χ2v) is 3.33. The Hall–Kier alpha value is -0.930. The summed E-state index contributed by atoms with van der Waals surface area (Å²) in [6, 6.07) is 1.93. The lowest BCUT2D eigenvalue weighted by Crippen LogP contribution is -2.37. The van der Waals surface area contributed by atoms with Crippen molar-refractivity contribution in [3.05, 3.63) is 29.6 Å². The first-order valence-electron chi connectivity index (χ1n) is 3.88. The maximum absolute atomic E-state index is 8.99. The van der Waals surface area contributed by atoms with Crippen molar-refractivity contribution in [3.63, 3.8) is 0 Å². The van der Waals surface area contributed by atoms with Gasteiger partial charge in [-0.25, -0.2) is 0 Å². The Kier molecular flexibility index (Phi) is 2.45. The first-order valence-corrected chi connectivity index (χ1v) is 3.88. The van der Waals surface area contributed by atoms with Crippen molar-refractivity contribution >= 4 is 0 Å². The number of nitrogens with two attached hydrogens (primary N) is 1. The summed E-state index contributed by atoms with van der Waals surface area (Å²) in [6.07, 6.45) is 3.44. The van der Waals surface area contributed by atoms with Crippen LogP contribution in [-0.4, -0.2) is 16.7 Å². The highest BCUT2D eigenvalue weighted by Crippen LogP contribution is 2.16. The van der Waals surface area contributed by atoms with Crippen molar-refractivity contribution in [2.45, 2.75) is 19.4 Å². The van der Waals surface area contributed by atoms with E-state index in [4.69, 9.17) is 10.8 Å². The number of nitrogens with zero attached hydrogens (tertiary/aromatic N) is 1. The molecule has 3 N–H and O–H groups in total. The molecule has 1 atom stereocenters. The predicted octanol–water partition coefficient (Wildman–Crippen LogP) is 0.556. The van der Waals surface area contributed by atoms with E-state index >= 15 is 0 Å². The van der Waals surface area contributed by atoms with Crippen molar-refractivity contribution in [1.82, 2.24) is 4.98 Å². The van der Waals surface area contributed by atoms with E-state index in [1.54, 1.807) is 19.3 Å². The highest BCUT2D eigenvalue weighted by Gasteiger charge is 2.19. The fourth-order valence-electron chi connectivity index (χ4n) is 0.959. The molecule has 3 heteroatoms. The summed E-state index contributed by atoms with van der Waals surface area (Å²) in [7, 11) is 0. The van der Waals surface area contributed by atoms with Crippen LogP contribution >= 0.6 is 0 Å². The van der Waals surface area contributed by atoms with E-state index in [0.29, 0.717) is 0 Å². The van der Waals surface area contributed by atoms with Crippen LogP contribution in [0, 0.1) is 6.92 Å². The van der Waals surface area contributed by atoms with E-state index in [1.807, 2.05) is 13.0 Å². The largest absolute Gasteiger partial charge is 0.394 e. The summed E-state index contributed by atoms with van der Waals surface area (Å²) < 4.78 is 0. The topological polar surface area (TPSA) is 59.1 Å². The van der Waals surface area contributed by atoms with Gasteiger partial charge in [0.05, 0.1) is 12.1 Å². The third kappa shape index (κ3) is 1.81. The number of rotatable bonds is 2. The van der Waals surface area contributed by atoms with Gasteiger partial charge in [0.2, 0.25) is 0 Å². The monoisotopic (exact) mass is 166 g/mol. The smallest absolute Gasteiger partial charge is 0.0651 e. The SMILES string of the molecule is Cc1cncc([C@@](C)(N)CO)c1. The molecule has 0 saturated heterocycles. The van der Waals surface area contributed by atoms with E-state index in [1.165, 1.54) is 0 Å². The lowest BCUT2D eigenvalue weighted by Gasteiger charge is -2.21. The molecule has 0 aliphatic rings. The van der Waals surface area contributed by atoms with Crippen molar-refractivity contribution in [3.8, 4) is 0 Å². The Morgan fingerprint density at radius 3 is 2.75 bits per heavy atom. The highest BCUT2D eigenvalue weighted by molar-refractivity contribution is 5.23. The third-order valence-electron chi connectivity index (χ3n) is 1.86. The van der Waals surface area contributed by atoms with Gasteiger partial charge < -0.3 is 10.8 Å². The van der Waals surface area contributed by atoms with E-state index in [-0.39, 0.29) is 6.61 Å². The first-order chi connectivity index (χ1) is 5.56. The molecule has 3 nitrogen and oxygen atoms in total. The molecule has 1 rings (SSSR count). The molecule has 0 radical (unpaired) electrons. The summed E-state index contributed by atoms with van der Waals surface area (Å²) in [5, 5.41) is 8.99. The molecular formula is C9H14N2O. The van der Waals surface area contributed by atoms with Crippen LogP contribution in [0.4, 0.5) is 0 Å². The molecule has 1 aromatic heterocycles. The standard InChI is InChI=1S/C9H14N2O/c1-7-3-8(5-11-4-7)9(2,10)6-12/h3-5,12H,6,10H2,1-2H3/t9-/m0/s1. The number of aromatic nitrogens is 1. The molecule has 1 heterocycles. The molecule has 1 aromatic rings. The summed E-state index contributed by atoms with van der Waals surface area (Å²) >= 11 is 0. The molecule has 0 amide bonds. The number of aliphatic hydroxyl groups is 1. The molecule has 12 heavy (non-hydrogen) atoms. The fourth-order valence-corrected chi connectivity index (χ4v) is 0.959. The molecule has 0 spiro atoms. The number of hydrogen-bond donors (Lipinski definition) is 2. The molecule has 0 bridgehead atoms. The van der Waals surface area contributed by atoms with Gasteiger partial charge in [-0.2, -0.15) is 0 Å². The lowest BCUT2D eigenvalue weighted by atomic mass is 9.95. The zero-order valence-electron chi connectivity index (χ0n) is 7.41. The van der Waals surface area contributed by atoms with Gasteiger partial charge in [0.1, 0.15) is 0 Å². The fraction of sp³-hybridized carbons (Fsp3) is 0.444.